The molecule has 0 atom stereocenters. The van der Waals surface area contributed by atoms with Gasteiger partial charge in [-0.05, 0) is 56.7 Å². The molecule has 7 heteroatoms. The van der Waals surface area contributed by atoms with Crippen LogP contribution in [0.2, 0.25) is 0 Å². The maximum Gasteiger partial charge on any atom is 0.251 e. The fraction of sp³-hybridized carbons (Fsp3) is 0.588. The number of aliphatic hydroxyl groups excluding tert-OH is 1. The zero-order chi connectivity index (χ0) is 17.2. The summed E-state index contributed by atoms with van der Waals surface area (Å²) in [7, 11) is -3.51. The second-order valence-corrected chi connectivity index (χ2v) is 8.56. The van der Waals surface area contributed by atoms with E-state index in [1.54, 1.807) is 18.2 Å². The van der Waals surface area contributed by atoms with Crippen molar-refractivity contribution in [3.8, 4) is 0 Å². The van der Waals surface area contributed by atoms with Crippen molar-refractivity contribution in [3.05, 3.63) is 29.8 Å². The van der Waals surface area contributed by atoms with Crippen molar-refractivity contribution in [2.45, 2.75) is 55.6 Å². The Hall–Kier alpha value is -1.44. The number of hydrogen-bond donors (Lipinski definition) is 2. The number of carbonyl (C=O) groups excluding carboxylic acids is 1. The Labute approximate surface area is 142 Å². The molecule has 6 nitrogen and oxygen atoms in total. The van der Waals surface area contributed by atoms with Crippen LogP contribution in [-0.2, 0) is 10.0 Å². The van der Waals surface area contributed by atoms with Gasteiger partial charge in [0.05, 0.1) is 11.0 Å². The molecule has 1 amide bonds. The summed E-state index contributed by atoms with van der Waals surface area (Å²) in [5.41, 5.74) is 0.362. The van der Waals surface area contributed by atoms with Crippen molar-refractivity contribution in [1.29, 1.82) is 0 Å². The Morgan fingerprint density at radius 2 is 1.79 bits per heavy atom. The van der Waals surface area contributed by atoms with Gasteiger partial charge in [0, 0.05) is 24.7 Å². The van der Waals surface area contributed by atoms with Gasteiger partial charge in [0.15, 0.2) is 0 Å². The number of carbonyl (C=O) groups is 1. The lowest BCUT2D eigenvalue weighted by Gasteiger charge is -2.26. The fourth-order valence-corrected chi connectivity index (χ4v) is 4.93. The lowest BCUT2D eigenvalue weighted by molar-refractivity contribution is 0.0867. The van der Waals surface area contributed by atoms with E-state index in [1.165, 1.54) is 10.4 Å². The molecule has 2 fully saturated rings. The normalized spacial score (nSPS) is 25.5. The van der Waals surface area contributed by atoms with E-state index in [4.69, 9.17) is 0 Å². The number of amides is 1. The van der Waals surface area contributed by atoms with Crippen LogP contribution in [0.3, 0.4) is 0 Å². The molecule has 2 aliphatic rings. The van der Waals surface area contributed by atoms with E-state index in [9.17, 15) is 18.3 Å². The monoisotopic (exact) mass is 352 g/mol. The molecule has 0 unspecified atom stereocenters. The highest BCUT2D eigenvalue weighted by Gasteiger charge is 2.28. The Morgan fingerprint density at radius 1 is 1.12 bits per heavy atom. The van der Waals surface area contributed by atoms with Crippen molar-refractivity contribution >= 4 is 15.9 Å². The topological polar surface area (TPSA) is 86.7 Å². The van der Waals surface area contributed by atoms with Gasteiger partial charge in [-0.3, -0.25) is 4.79 Å². The maximum absolute atomic E-state index is 12.6. The molecular weight excluding hydrogens is 328 g/mol. The molecule has 0 spiro atoms. The van der Waals surface area contributed by atoms with Gasteiger partial charge in [0.1, 0.15) is 0 Å². The summed E-state index contributed by atoms with van der Waals surface area (Å²) in [6.45, 7) is 1.09. The summed E-state index contributed by atoms with van der Waals surface area (Å²) in [5, 5.41) is 12.5. The Morgan fingerprint density at radius 3 is 2.46 bits per heavy atom. The molecule has 2 N–H and O–H groups in total. The van der Waals surface area contributed by atoms with Crippen LogP contribution in [-0.4, -0.2) is 49.0 Å². The van der Waals surface area contributed by atoms with Gasteiger partial charge in [-0.1, -0.05) is 6.07 Å². The third kappa shape index (κ3) is 3.79. The van der Waals surface area contributed by atoms with Crippen molar-refractivity contribution in [3.63, 3.8) is 0 Å². The van der Waals surface area contributed by atoms with Gasteiger partial charge in [0.2, 0.25) is 10.0 Å². The molecule has 1 aromatic carbocycles. The van der Waals surface area contributed by atoms with E-state index in [2.05, 4.69) is 5.32 Å². The Kier molecular flexibility index (Phi) is 5.22. The van der Waals surface area contributed by atoms with E-state index in [-0.39, 0.29) is 22.9 Å². The summed E-state index contributed by atoms with van der Waals surface area (Å²) in [6, 6.07) is 6.29. The van der Waals surface area contributed by atoms with Crippen LogP contribution in [0.25, 0.3) is 0 Å². The number of rotatable bonds is 4. The van der Waals surface area contributed by atoms with Crippen molar-refractivity contribution in [2.24, 2.45) is 0 Å². The largest absolute Gasteiger partial charge is 0.393 e. The number of nitrogens with one attached hydrogen (secondary N) is 1. The molecule has 1 aromatic rings. The molecule has 0 aromatic heterocycles. The zero-order valence-corrected chi connectivity index (χ0v) is 14.5. The lowest BCUT2D eigenvalue weighted by atomic mass is 9.93. The first-order valence-corrected chi connectivity index (χ1v) is 10.00. The average Bonchev–Trinajstić information content (AvgIpc) is 3.12. The minimum Gasteiger partial charge on any atom is -0.393 e. The van der Waals surface area contributed by atoms with Gasteiger partial charge >= 0.3 is 0 Å². The SMILES string of the molecule is O=C(NC1CCC(O)CC1)c1cccc(S(=O)(=O)N2CCCC2)c1. The van der Waals surface area contributed by atoms with E-state index < -0.39 is 10.0 Å². The van der Waals surface area contributed by atoms with E-state index >= 15 is 0 Å². The maximum atomic E-state index is 12.6. The zero-order valence-electron chi connectivity index (χ0n) is 13.6. The number of sulfonamides is 1. The quantitative estimate of drug-likeness (QED) is 0.860. The van der Waals surface area contributed by atoms with Crippen LogP contribution in [0, 0.1) is 0 Å². The lowest BCUT2D eigenvalue weighted by Crippen LogP contribution is -2.38. The van der Waals surface area contributed by atoms with Crippen LogP contribution in [0.1, 0.15) is 48.9 Å². The van der Waals surface area contributed by atoms with E-state index in [1.807, 2.05) is 0 Å². The Balaban J connectivity index is 1.71. The predicted octanol–water partition coefficient (Wildman–Crippen LogP) is 1.50. The highest BCUT2D eigenvalue weighted by molar-refractivity contribution is 7.89. The number of hydrogen-bond acceptors (Lipinski definition) is 4. The van der Waals surface area contributed by atoms with Crippen LogP contribution >= 0.6 is 0 Å². The van der Waals surface area contributed by atoms with Crippen LogP contribution in [0.4, 0.5) is 0 Å². The highest BCUT2D eigenvalue weighted by Crippen LogP contribution is 2.22. The van der Waals surface area contributed by atoms with Crippen molar-refractivity contribution < 1.29 is 18.3 Å². The number of aliphatic hydroxyl groups is 1. The third-order valence-electron chi connectivity index (χ3n) is 4.83. The summed E-state index contributed by atoms with van der Waals surface area (Å²) < 4.78 is 26.7. The standard InChI is InChI=1S/C17H24N2O4S/c20-15-8-6-14(7-9-15)18-17(21)13-4-3-5-16(12-13)24(22,23)19-10-1-2-11-19/h3-5,12,14-15,20H,1-2,6-11H2,(H,18,21). The van der Waals surface area contributed by atoms with Crippen molar-refractivity contribution in [2.75, 3.05) is 13.1 Å². The second kappa shape index (κ2) is 7.21. The van der Waals surface area contributed by atoms with Gasteiger partial charge in [-0.2, -0.15) is 4.31 Å². The number of nitrogens with zero attached hydrogens (tertiary/aromatic N) is 1. The summed E-state index contributed by atoms with van der Waals surface area (Å²) in [5.74, 6) is -0.255. The Bertz CT molecular complexity index is 690. The molecule has 1 heterocycles. The minimum atomic E-state index is -3.51. The minimum absolute atomic E-state index is 0.0414. The summed E-state index contributed by atoms with van der Waals surface area (Å²) in [4.78, 5) is 12.6. The molecule has 3 rings (SSSR count). The molecule has 132 valence electrons. The average molecular weight is 352 g/mol. The second-order valence-electron chi connectivity index (χ2n) is 6.62. The first kappa shape index (κ1) is 17.4. The molecule has 24 heavy (non-hydrogen) atoms. The summed E-state index contributed by atoms with van der Waals surface area (Å²) >= 11 is 0. The molecule has 1 saturated heterocycles. The van der Waals surface area contributed by atoms with E-state index in [0.29, 0.717) is 31.5 Å². The first-order valence-electron chi connectivity index (χ1n) is 8.56. The van der Waals surface area contributed by atoms with Gasteiger partial charge in [-0.15, -0.1) is 0 Å². The number of benzene rings is 1. The predicted molar refractivity (Wildman–Crippen MR) is 90.2 cm³/mol. The van der Waals surface area contributed by atoms with Gasteiger partial charge in [-0.25, -0.2) is 8.42 Å². The first-order chi connectivity index (χ1) is 11.5. The molecular formula is C17H24N2O4S. The van der Waals surface area contributed by atoms with Crippen molar-refractivity contribution in [1.82, 2.24) is 9.62 Å². The third-order valence-corrected chi connectivity index (χ3v) is 6.73. The van der Waals surface area contributed by atoms with Crippen LogP contribution < -0.4 is 5.32 Å². The highest BCUT2D eigenvalue weighted by atomic mass is 32.2. The van der Waals surface area contributed by atoms with Gasteiger partial charge in [0.25, 0.3) is 5.91 Å². The smallest absolute Gasteiger partial charge is 0.251 e. The molecule has 1 aliphatic carbocycles. The summed E-state index contributed by atoms with van der Waals surface area (Å²) in [6.07, 6.45) is 4.37. The van der Waals surface area contributed by atoms with E-state index in [0.717, 1.165) is 25.7 Å². The molecule has 0 radical (unpaired) electrons. The fourth-order valence-electron chi connectivity index (χ4n) is 3.36. The van der Waals surface area contributed by atoms with Crippen LogP contribution in [0.5, 0.6) is 0 Å². The molecule has 1 aliphatic heterocycles. The molecule has 0 bridgehead atoms. The van der Waals surface area contributed by atoms with Crippen LogP contribution in [0.15, 0.2) is 29.2 Å². The van der Waals surface area contributed by atoms with Gasteiger partial charge < -0.3 is 10.4 Å². The molecule has 1 saturated carbocycles.